The summed E-state index contributed by atoms with van der Waals surface area (Å²) in [4.78, 5) is 24.6. The van der Waals surface area contributed by atoms with Crippen LogP contribution in [-0.4, -0.2) is 41.2 Å². The molecule has 1 aliphatic carbocycles. The first-order valence-electron chi connectivity index (χ1n) is 8.95. The van der Waals surface area contributed by atoms with Crippen molar-refractivity contribution in [3.8, 4) is 0 Å². The second kappa shape index (κ2) is 8.97. The van der Waals surface area contributed by atoms with E-state index in [1.54, 1.807) is 0 Å². The molecular formula is C19H29N3O3. The van der Waals surface area contributed by atoms with E-state index in [0.29, 0.717) is 12.8 Å². The molecule has 0 aromatic heterocycles. The molecule has 3 unspecified atom stereocenters. The Hall–Kier alpha value is -1.92. The fraction of sp³-hybridized carbons (Fsp3) is 0.579. The van der Waals surface area contributed by atoms with Crippen LogP contribution < -0.4 is 16.4 Å². The molecule has 1 aromatic rings. The summed E-state index contributed by atoms with van der Waals surface area (Å²) < 4.78 is 0. The van der Waals surface area contributed by atoms with Crippen molar-refractivity contribution in [3.63, 3.8) is 0 Å². The van der Waals surface area contributed by atoms with E-state index in [1.165, 1.54) is 0 Å². The van der Waals surface area contributed by atoms with Crippen LogP contribution in [-0.2, 0) is 16.0 Å². The van der Waals surface area contributed by atoms with Crippen LogP contribution in [0, 0.1) is 5.92 Å². The molecule has 1 aromatic carbocycles. The van der Waals surface area contributed by atoms with E-state index in [-0.39, 0.29) is 17.9 Å². The van der Waals surface area contributed by atoms with Crippen molar-refractivity contribution >= 4 is 11.8 Å². The molecule has 1 fully saturated rings. The second-order valence-corrected chi connectivity index (χ2v) is 7.27. The van der Waals surface area contributed by atoms with Gasteiger partial charge in [-0.25, -0.2) is 0 Å². The van der Waals surface area contributed by atoms with Gasteiger partial charge in [0.2, 0.25) is 5.91 Å². The molecule has 5 N–H and O–H groups in total. The summed E-state index contributed by atoms with van der Waals surface area (Å²) in [6.45, 7) is 3.99. The van der Waals surface area contributed by atoms with Crippen LogP contribution in [0.2, 0.25) is 0 Å². The number of nitrogens with one attached hydrogen (secondary N) is 2. The van der Waals surface area contributed by atoms with Crippen LogP contribution >= 0.6 is 0 Å². The molecule has 138 valence electrons. The van der Waals surface area contributed by atoms with E-state index < -0.39 is 24.1 Å². The largest absolute Gasteiger partial charge is 0.381 e. The summed E-state index contributed by atoms with van der Waals surface area (Å²) in [5.41, 5.74) is 6.87. The number of aliphatic hydroxyl groups excluding tert-OH is 1. The molecular weight excluding hydrogens is 318 g/mol. The third-order valence-electron chi connectivity index (χ3n) is 4.26. The number of hydrogen-bond donors (Lipinski definition) is 4. The number of amides is 2. The zero-order chi connectivity index (χ0) is 18.4. The molecule has 0 aliphatic heterocycles. The van der Waals surface area contributed by atoms with Crippen LogP contribution in [0.25, 0.3) is 0 Å². The molecule has 0 spiro atoms. The zero-order valence-electron chi connectivity index (χ0n) is 14.9. The molecule has 6 heteroatoms. The average Bonchev–Trinajstić information content (AvgIpc) is 3.37. The molecule has 0 radical (unpaired) electrons. The summed E-state index contributed by atoms with van der Waals surface area (Å²) in [6, 6.07) is 8.25. The Balaban J connectivity index is 2.04. The van der Waals surface area contributed by atoms with Crippen LogP contribution in [0.3, 0.4) is 0 Å². The van der Waals surface area contributed by atoms with Gasteiger partial charge in [-0.2, -0.15) is 0 Å². The number of aliphatic hydroxyl groups is 1. The standard InChI is InChI=1S/C19H29N3O3/c1-12(2)10-15(20)18(24)22-16(11-13-6-4-3-5-7-13)17(23)19(25)21-14-8-9-14/h3-7,12,14-17,23H,8-11,20H2,1-2H3,(H,21,25)(H,22,24). The monoisotopic (exact) mass is 347 g/mol. The zero-order valence-corrected chi connectivity index (χ0v) is 14.9. The van der Waals surface area contributed by atoms with Gasteiger partial charge >= 0.3 is 0 Å². The molecule has 2 rings (SSSR count). The molecule has 0 bridgehead atoms. The van der Waals surface area contributed by atoms with E-state index in [0.717, 1.165) is 18.4 Å². The van der Waals surface area contributed by atoms with E-state index >= 15 is 0 Å². The molecule has 1 aliphatic rings. The van der Waals surface area contributed by atoms with Gasteiger partial charge in [-0.3, -0.25) is 9.59 Å². The Morgan fingerprint density at radius 1 is 1.20 bits per heavy atom. The number of carbonyl (C=O) groups is 2. The van der Waals surface area contributed by atoms with Gasteiger partial charge in [-0.1, -0.05) is 44.2 Å². The van der Waals surface area contributed by atoms with Crippen LogP contribution in [0.1, 0.15) is 38.7 Å². The third-order valence-corrected chi connectivity index (χ3v) is 4.26. The number of benzene rings is 1. The highest BCUT2D eigenvalue weighted by molar-refractivity contribution is 5.85. The summed E-state index contributed by atoms with van der Waals surface area (Å²) in [7, 11) is 0. The van der Waals surface area contributed by atoms with Gasteiger partial charge in [-0.05, 0) is 37.2 Å². The van der Waals surface area contributed by atoms with Gasteiger partial charge in [-0.15, -0.1) is 0 Å². The minimum atomic E-state index is -1.31. The highest BCUT2D eigenvalue weighted by Gasteiger charge is 2.32. The maximum atomic E-state index is 12.4. The lowest BCUT2D eigenvalue weighted by Gasteiger charge is -2.25. The minimum Gasteiger partial charge on any atom is -0.381 e. The van der Waals surface area contributed by atoms with E-state index in [1.807, 2.05) is 44.2 Å². The first kappa shape index (κ1) is 19.4. The minimum absolute atomic E-state index is 0.151. The Morgan fingerprint density at radius 2 is 1.84 bits per heavy atom. The van der Waals surface area contributed by atoms with E-state index in [2.05, 4.69) is 10.6 Å². The molecule has 3 atom stereocenters. The maximum absolute atomic E-state index is 12.4. The Labute approximate surface area is 149 Å². The van der Waals surface area contributed by atoms with Gasteiger partial charge in [0.05, 0.1) is 12.1 Å². The van der Waals surface area contributed by atoms with Crippen LogP contribution in [0.15, 0.2) is 30.3 Å². The maximum Gasteiger partial charge on any atom is 0.251 e. The smallest absolute Gasteiger partial charge is 0.251 e. The number of rotatable bonds is 9. The molecule has 25 heavy (non-hydrogen) atoms. The predicted molar refractivity (Wildman–Crippen MR) is 96.7 cm³/mol. The molecule has 0 saturated heterocycles. The third kappa shape index (κ3) is 6.48. The predicted octanol–water partition coefficient (Wildman–Crippen LogP) is 0.727. The summed E-state index contributed by atoms with van der Waals surface area (Å²) in [5.74, 6) is -0.495. The first-order chi connectivity index (χ1) is 11.9. The number of nitrogens with two attached hydrogens (primary N) is 1. The number of hydrogen-bond acceptors (Lipinski definition) is 4. The molecule has 1 saturated carbocycles. The van der Waals surface area contributed by atoms with Gasteiger partial charge in [0.15, 0.2) is 6.10 Å². The SMILES string of the molecule is CC(C)CC(N)C(=O)NC(Cc1ccccc1)C(O)C(=O)NC1CC1. The van der Waals surface area contributed by atoms with Gasteiger partial charge in [0.1, 0.15) is 0 Å². The molecule has 2 amide bonds. The normalized spacial score (nSPS) is 17.6. The lowest BCUT2D eigenvalue weighted by atomic mass is 9.98. The topological polar surface area (TPSA) is 104 Å². The summed E-state index contributed by atoms with van der Waals surface area (Å²) in [6.07, 6.45) is 1.48. The van der Waals surface area contributed by atoms with Crippen molar-refractivity contribution in [1.29, 1.82) is 0 Å². The lowest BCUT2D eigenvalue weighted by molar-refractivity contribution is -0.132. The van der Waals surface area contributed by atoms with E-state index in [9.17, 15) is 14.7 Å². The highest BCUT2D eigenvalue weighted by atomic mass is 16.3. The van der Waals surface area contributed by atoms with Crippen molar-refractivity contribution in [1.82, 2.24) is 10.6 Å². The molecule has 0 heterocycles. The van der Waals surface area contributed by atoms with Crippen molar-refractivity contribution in [2.24, 2.45) is 11.7 Å². The van der Waals surface area contributed by atoms with Crippen molar-refractivity contribution < 1.29 is 14.7 Å². The van der Waals surface area contributed by atoms with Crippen LogP contribution in [0.4, 0.5) is 0 Å². The molecule has 6 nitrogen and oxygen atoms in total. The van der Waals surface area contributed by atoms with Crippen molar-refractivity contribution in [2.75, 3.05) is 0 Å². The summed E-state index contributed by atoms with van der Waals surface area (Å²) in [5, 5.41) is 16.0. The Morgan fingerprint density at radius 3 is 2.40 bits per heavy atom. The van der Waals surface area contributed by atoms with Gasteiger partial charge in [0.25, 0.3) is 5.91 Å². The summed E-state index contributed by atoms with van der Waals surface area (Å²) >= 11 is 0. The first-order valence-corrected chi connectivity index (χ1v) is 8.95. The lowest BCUT2D eigenvalue weighted by Crippen LogP contribution is -2.55. The number of carbonyl (C=O) groups excluding carboxylic acids is 2. The van der Waals surface area contributed by atoms with Crippen LogP contribution in [0.5, 0.6) is 0 Å². The van der Waals surface area contributed by atoms with Gasteiger partial charge < -0.3 is 21.5 Å². The quantitative estimate of drug-likeness (QED) is 0.528. The second-order valence-electron chi connectivity index (χ2n) is 7.27. The average molecular weight is 347 g/mol. The Bertz CT molecular complexity index is 573. The van der Waals surface area contributed by atoms with E-state index in [4.69, 9.17) is 5.73 Å². The van der Waals surface area contributed by atoms with Crippen molar-refractivity contribution in [2.45, 2.75) is 63.8 Å². The van der Waals surface area contributed by atoms with Gasteiger partial charge in [0, 0.05) is 6.04 Å². The fourth-order valence-corrected chi connectivity index (χ4v) is 2.71. The van der Waals surface area contributed by atoms with Crippen molar-refractivity contribution in [3.05, 3.63) is 35.9 Å². The fourth-order valence-electron chi connectivity index (χ4n) is 2.71. The Kier molecular flexibility index (Phi) is 6.96. The highest BCUT2D eigenvalue weighted by Crippen LogP contribution is 2.19.